The number of methoxy groups -OCH3 is 1. The molecule has 1 aromatic heterocycles. The number of primary sulfonamides is 1. The Morgan fingerprint density at radius 3 is 1.88 bits per heavy atom. The van der Waals surface area contributed by atoms with E-state index in [9.17, 15) is 13.2 Å². The number of hydrogen-bond acceptors (Lipinski definition) is 5. The summed E-state index contributed by atoms with van der Waals surface area (Å²) >= 11 is 12.1. The monoisotopic (exact) mass is 501 g/mol. The van der Waals surface area contributed by atoms with Crippen molar-refractivity contribution in [3.8, 4) is 28.2 Å². The van der Waals surface area contributed by atoms with Gasteiger partial charge in [-0.2, -0.15) is 5.10 Å². The quantitative estimate of drug-likeness (QED) is 0.389. The number of benzene rings is 3. The molecule has 0 amide bonds. The molecule has 0 saturated carbocycles. The number of carbonyl (C=O) groups is 1. The van der Waals surface area contributed by atoms with Gasteiger partial charge in [-0.25, -0.2) is 23.0 Å². The summed E-state index contributed by atoms with van der Waals surface area (Å²) in [6.07, 6.45) is 0. The van der Waals surface area contributed by atoms with Crippen LogP contribution < -0.4 is 5.14 Å². The summed E-state index contributed by atoms with van der Waals surface area (Å²) in [4.78, 5) is 12.9. The molecule has 2 N–H and O–H groups in total. The largest absolute Gasteiger partial charge is 0.465 e. The second kappa shape index (κ2) is 8.99. The van der Waals surface area contributed by atoms with Crippen molar-refractivity contribution in [2.75, 3.05) is 7.11 Å². The maximum Gasteiger partial charge on any atom is 0.342 e. The molecule has 3 aromatic carbocycles. The Kier molecular flexibility index (Phi) is 6.27. The first-order valence-corrected chi connectivity index (χ1v) is 11.9. The fourth-order valence-electron chi connectivity index (χ4n) is 3.36. The molecular formula is C23H17Cl2N3O4S. The minimum Gasteiger partial charge on any atom is -0.465 e. The molecule has 0 aliphatic heterocycles. The summed E-state index contributed by atoms with van der Waals surface area (Å²) in [5, 5.41) is 11.0. The highest BCUT2D eigenvalue weighted by Gasteiger charge is 2.27. The predicted molar refractivity (Wildman–Crippen MR) is 127 cm³/mol. The molecule has 33 heavy (non-hydrogen) atoms. The van der Waals surface area contributed by atoms with Crippen LogP contribution in [0.5, 0.6) is 0 Å². The van der Waals surface area contributed by atoms with Gasteiger partial charge in [-0.05, 0) is 48.5 Å². The van der Waals surface area contributed by atoms with Gasteiger partial charge < -0.3 is 4.74 Å². The fourth-order valence-corrected chi connectivity index (χ4v) is 4.13. The minimum atomic E-state index is -3.87. The number of sulfonamides is 1. The van der Waals surface area contributed by atoms with E-state index in [1.54, 1.807) is 65.3 Å². The SMILES string of the molecule is COC(=O)c1c(-c2ccc(Cl)cc2)nn(-c2ccc(S(N)(=O)=O)cc2)c1-c1ccc(Cl)cc1. The maximum atomic E-state index is 12.9. The molecule has 0 aliphatic rings. The Labute approximate surface area is 200 Å². The second-order valence-electron chi connectivity index (χ2n) is 7.03. The Bertz CT molecular complexity index is 1430. The number of rotatable bonds is 5. The second-order valence-corrected chi connectivity index (χ2v) is 9.46. The van der Waals surface area contributed by atoms with Crippen molar-refractivity contribution in [2.24, 2.45) is 5.14 Å². The molecule has 1 heterocycles. The smallest absolute Gasteiger partial charge is 0.342 e. The van der Waals surface area contributed by atoms with Gasteiger partial charge in [-0.15, -0.1) is 0 Å². The van der Waals surface area contributed by atoms with Crippen LogP contribution in [-0.4, -0.2) is 31.3 Å². The van der Waals surface area contributed by atoms with E-state index in [1.807, 2.05) is 0 Å². The highest BCUT2D eigenvalue weighted by molar-refractivity contribution is 7.89. The zero-order chi connectivity index (χ0) is 23.8. The van der Waals surface area contributed by atoms with Gasteiger partial charge in [0.25, 0.3) is 0 Å². The van der Waals surface area contributed by atoms with Crippen LogP contribution >= 0.6 is 23.2 Å². The third kappa shape index (κ3) is 4.65. The number of ether oxygens (including phenoxy) is 1. The van der Waals surface area contributed by atoms with Crippen molar-refractivity contribution >= 4 is 39.2 Å². The molecule has 0 atom stereocenters. The van der Waals surface area contributed by atoms with Gasteiger partial charge >= 0.3 is 5.97 Å². The van der Waals surface area contributed by atoms with Crippen molar-refractivity contribution in [1.82, 2.24) is 9.78 Å². The number of aromatic nitrogens is 2. The summed E-state index contributed by atoms with van der Waals surface area (Å²) in [5.74, 6) is -0.586. The summed E-state index contributed by atoms with van der Waals surface area (Å²) in [6.45, 7) is 0. The Hall–Kier alpha value is -3.17. The number of halogens is 2. The zero-order valence-corrected chi connectivity index (χ0v) is 19.5. The molecule has 10 heteroatoms. The van der Waals surface area contributed by atoms with Crippen LogP contribution in [0.15, 0.2) is 77.7 Å². The van der Waals surface area contributed by atoms with E-state index in [1.165, 1.54) is 19.2 Å². The Morgan fingerprint density at radius 2 is 1.39 bits per heavy atom. The van der Waals surface area contributed by atoms with E-state index >= 15 is 0 Å². The molecule has 0 spiro atoms. The summed E-state index contributed by atoms with van der Waals surface area (Å²) in [7, 11) is -2.58. The van der Waals surface area contributed by atoms with Crippen LogP contribution in [0.4, 0.5) is 0 Å². The lowest BCUT2D eigenvalue weighted by atomic mass is 10.0. The van der Waals surface area contributed by atoms with Gasteiger partial charge in [0.2, 0.25) is 10.0 Å². The number of nitrogens with zero attached hydrogens (tertiary/aromatic N) is 2. The van der Waals surface area contributed by atoms with E-state index in [4.69, 9.17) is 38.2 Å². The molecule has 0 bridgehead atoms. The predicted octanol–water partition coefficient (Wildman–Crippen LogP) is 4.95. The van der Waals surface area contributed by atoms with Crippen molar-refractivity contribution in [3.05, 3.63) is 88.4 Å². The highest BCUT2D eigenvalue weighted by Crippen LogP contribution is 2.36. The van der Waals surface area contributed by atoms with E-state index in [-0.39, 0.29) is 10.5 Å². The zero-order valence-electron chi connectivity index (χ0n) is 17.2. The number of nitrogens with two attached hydrogens (primary N) is 1. The van der Waals surface area contributed by atoms with Crippen molar-refractivity contribution < 1.29 is 17.9 Å². The van der Waals surface area contributed by atoms with E-state index in [2.05, 4.69) is 0 Å². The standard InChI is InChI=1S/C23H17Cl2N3O4S/c1-32-23(29)20-21(14-2-6-16(24)7-3-14)27-28(22(20)15-4-8-17(25)9-5-15)18-10-12-19(13-11-18)33(26,30)31/h2-13H,1H3,(H2,26,30,31). The third-order valence-electron chi connectivity index (χ3n) is 4.92. The van der Waals surface area contributed by atoms with Gasteiger partial charge in [0.15, 0.2) is 0 Å². The van der Waals surface area contributed by atoms with Gasteiger partial charge in [-0.1, -0.05) is 47.5 Å². The molecule has 0 unspecified atom stereocenters. The van der Waals surface area contributed by atoms with Crippen LogP contribution in [0.1, 0.15) is 10.4 Å². The summed E-state index contributed by atoms with van der Waals surface area (Å²) < 4.78 is 30.0. The van der Waals surface area contributed by atoms with Crippen LogP contribution in [0.3, 0.4) is 0 Å². The summed E-state index contributed by atoms with van der Waals surface area (Å²) in [5.41, 5.74) is 2.87. The molecule has 0 radical (unpaired) electrons. The molecule has 4 aromatic rings. The van der Waals surface area contributed by atoms with E-state index in [0.717, 1.165) is 0 Å². The first-order chi connectivity index (χ1) is 15.7. The molecule has 0 saturated heterocycles. The fraction of sp³-hybridized carbons (Fsp3) is 0.0435. The maximum absolute atomic E-state index is 12.9. The van der Waals surface area contributed by atoms with Gasteiger partial charge in [0, 0.05) is 21.2 Å². The van der Waals surface area contributed by atoms with Crippen molar-refractivity contribution in [3.63, 3.8) is 0 Å². The van der Waals surface area contributed by atoms with E-state index in [0.29, 0.717) is 38.2 Å². The third-order valence-corrected chi connectivity index (χ3v) is 6.35. The molecule has 7 nitrogen and oxygen atoms in total. The van der Waals surface area contributed by atoms with Crippen LogP contribution in [0, 0.1) is 0 Å². The Morgan fingerprint density at radius 1 is 0.879 bits per heavy atom. The van der Waals surface area contributed by atoms with Gasteiger partial charge in [-0.3, -0.25) is 0 Å². The Balaban J connectivity index is 2.03. The first kappa shape index (κ1) is 23.0. The van der Waals surface area contributed by atoms with Crippen LogP contribution in [0.2, 0.25) is 10.0 Å². The normalized spacial score (nSPS) is 11.4. The average Bonchev–Trinajstić information content (AvgIpc) is 3.19. The minimum absolute atomic E-state index is 0.0439. The average molecular weight is 502 g/mol. The molecule has 0 aliphatic carbocycles. The van der Waals surface area contributed by atoms with Crippen LogP contribution in [0.25, 0.3) is 28.2 Å². The first-order valence-electron chi connectivity index (χ1n) is 9.55. The lowest BCUT2D eigenvalue weighted by Crippen LogP contribution is -2.12. The van der Waals surface area contributed by atoms with Gasteiger partial charge in [0.05, 0.1) is 23.4 Å². The summed E-state index contributed by atoms with van der Waals surface area (Å²) in [6, 6.07) is 19.6. The van der Waals surface area contributed by atoms with E-state index < -0.39 is 16.0 Å². The molecular weight excluding hydrogens is 485 g/mol. The van der Waals surface area contributed by atoms with Crippen molar-refractivity contribution in [2.45, 2.75) is 4.90 Å². The molecule has 4 rings (SSSR count). The topological polar surface area (TPSA) is 104 Å². The number of esters is 1. The van der Waals surface area contributed by atoms with Gasteiger partial charge in [0.1, 0.15) is 11.3 Å². The van der Waals surface area contributed by atoms with Crippen LogP contribution in [-0.2, 0) is 14.8 Å². The highest BCUT2D eigenvalue weighted by atomic mass is 35.5. The molecule has 168 valence electrons. The number of hydrogen-bond donors (Lipinski definition) is 1. The molecule has 0 fully saturated rings. The lowest BCUT2D eigenvalue weighted by Gasteiger charge is -2.10. The number of carbonyl (C=O) groups excluding carboxylic acids is 1. The lowest BCUT2D eigenvalue weighted by molar-refractivity contribution is 0.0602. The van der Waals surface area contributed by atoms with Crippen molar-refractivity contribution in [1.29, 1.82) is 0 Å².